The molecule has 6 heteroatoms. The third-order valence-corrected chi connectivity index (χ3v) is 6.05. The van der Waals surface area contributed by atoms with Crippen LogP contribution in [-0.4, -0.2) is 34.0 Å². The molecule has 2 heterocycles. The minimum Gasteiger partial charge on any atom is -0.497 e. The molecular formula is C26H24FN3O2. The highest BCUT2D eigenvalue weighted by molar-refractivity contribution is 5.81. The number of hydrogen-bond acceptors (Lipinski definition) is 3. The van der Waals surface area contributed by atoms with Crippen molar-refractivity contribution in [3.63, 3.8) is 0 Å². The van der Waals surface area contributed by atoms with Crippen molar-refractivity contribution < 1.29 is 13.9 Å². The molecule has 1 aliphatic heterocycles. The lowest BCUT2D eigenvalue weighted by atomic mass is 10.1. The lowest BCUT2D eigenvalue weighted by molar-refractivity contribution is -0.128. The molecule has 1 saturated heterocycles. The van der Waals surface area contributed by atoms with Crippen LogP contribution in [0.5, 0.6) is 5.75 Å². The minimum atomic E-state index is -0.250. The molecule has 1 aliphatic rings. The molecule has 1 amide bonds. The van der Waals surface area contributed by atoms with Crippen molar-refractivity contribution in [2.24, 2.45) is 0 Å². The van der Waals surface area contributed by atoms with Crippen molar-refractivity contribution in [1.29, 1.82) is 0 Å². The largest absolute Gasteiger partial charge is 0.497 e. The van der Waals surface area contributed by atoms with Gasteiger partial charge in [-0.2, -0.15) is 0 Å². The number of methoxy groups -OCH3 is 1. The zero-order valence-corrected chi connectivity index (χ0v) is 17.9. The fraction of sp³-hybridized carbons (Fsp3) is 0.231. The molecule has 4 aromatic rings. The number of benzene rings is 3. The molecule has 1 aromatic heterocycles. The van der Waals surface area contributed by atoms with Crippen LogP contribution < -0.4 is 4.74 Å². The molecule has 32 heavy (non-hydrogen) atoms. The SMILES string of the molecule is COc1ccc(CN2CC(c3nc4ccccc4n3Cc3ccc(F)cc3)CC2=O)cc1. The molecule has 5 rings (SSSR count). The van der Waals surface area contributed by atoms with E-state index in [1.807, 2.05) is 53.4 Å². The molecule has 0 N–H and O–H groups in total. The Kier molecular flexibility index (Phi) is 5.35. The molecule has 0 spiro atoms. The van der Waals surface area contributed by atoms with Crippen LogP contribution in [0.25, 0.3) is 11.0 Å². The fourth-order valence-electron chi connectivity index (χ4n) is 4.39. The van der Waals surface area contributed by atoms with Crippen molar-refractivity contribution in [1.82, 2.24) is 14.5 Å². The Labute approximate surface area is 186 Å². The van der Waals surface area contributed by atoms with Gasteiger partial charge in [0.15, 0.2) is 0 Å². The van der Waals surface area contributed by atoms with Crippen LogP contribution in [0.4, 0.5) is 4.39 Å². The second-order valence-electron chi connectivity index (χ2n) is 8.19. The number of likely N-dealkylation sites (tertiary alicyclic amines) is 1. The maximum absolute atomic E-state index is 13.4. The lowest BCUT2D eigenvalue weighted by Gasteiger charge is -2.18. The molecule has 1 atom stereocenters. The van der Waals surface area contributed by atoms with E-state index in [-0.39, 0.29) is 17.6 Å². The van der Waals surface area contributed by atoms with Gasteiger partial charge in [0.2, 0.25) is 5.91 Å². The first-order valence-electron chi connectivity index (χ1n) is 10.7. The van der Waals surface area contributed by atoms with E-state index >= 15 is 0 Å². The number of aromatic nitrogens is 2. The summed E-state index contributed by atoms with van der Waals surface area (Å²) in [6.07, 6.45) is 0.433. The highest BCUT2D eigenvalue weighted by Crippen LogP contribution is 2.32. The van der Waals surface area contributed by atoms with Crippen molar-refractivity contribution in [2.75, 3.05) is 13.7 Å². The number of para-hydroxylation sites is 2. The molecule has 3 aromatic carbocycles. The number of carbonyl (C=O) groups excluding carboxylic acids is 1. The molecule has 0 radical (unpaired) electrons. The van der Waals surface area contributed by atoms with Crippen LogP contribution in [0, 0.1) is 5.82 Å². The van der Waals surface area contributed by atoms with E-state index in [9.17, 15) is 9.18 Å². The first-order chi connectivity index (χ1) is 15.6. The summed E-state index contributed by atoms with van der Waals surface area (Å²) < 4.78 is 20.8. The van der Waals surface area contributed by atoms with Gasteiger partial charge in [-0.25, -0.2) is 9.37 Å². The second-order valence-corrected chi connectivity index (χ2v) is 8.19. The van der Waals surface area contributed by atoms with Gasteiger partial charge in [0.1, 0.15) is 17.4 Å². The van der Waals surface area contributed by atoms with E-state index in [0.717, 1.165) is 33.7 Å². The van der Waals surface area contributed by atoms with Crippen LogP contribution in [0.3, 0.4) is 0 Å². The predicted octanol–water partition coefficient (Wildman–Crippen LogP) is 4.75. The van der Waals surface area contributed by atoms with Crippen LogP contribution >= 0.6 is 0 Å². The average molecular weight is 429 g/mol. The second kappa shape index (κ2) is 8.46. The summed E-state index contributed by atoms with van der Waals surface area (Å²) >= 11 is 0. The molecule has 0 aliphatic carbocycles. The first kappa shape index (κ1) is 20.2. The van der Waals surface area contributed by atoms with Gasteiger partial charge in [0.25, 0.3) is 0 Å². The highest BCUT2D eigenvalue weighted by atomic mass is 19.1. The Morgan fingerprint density at radius 2 is 1.66 bits per heavy atom. The zero-order chi connectivity index (χ0) is 22.1. The van der Waals surface area contributed by atoms with E-state index in [2.05, 4.69) is 4.57 Å². The van der Waals surface area contributed by atoms with Crippen LogP contribution in [0.2, 0.25) is 0 Å². The third kappa shape index (κ3) is 3.96. The summed E-state index contributed by atoms with van der Waals surface area (Å²) in [7, 11) is 1.64. The minimum absolute atomic E-state index is 0.00796. The topological polar surface area (TPSA) is 47.4 Å². The number of fused-ring (bicyclic) bond motifs is 1. The number of halogens is 1. The monoisotopic (exact) mass is 429 g/mol. The van der Waals surface area contributed by atoms with Gasteiger partial charge in [0, 0.05) is 32.0 Å². The average Bonchev–Trinajstić information content (AvgIpc) is 3.36. The number of hydrogen-bond donors (Lipinski definition) is 0. The standard InChI is InChI=1S/C26H24FN3O2/c1-32-22-12-8-18(9-13-22)15-29-17-20(14-25(29)31)26-28-23-4-2-3-5-24(23)30(26)16-19-6-10-21(27)11-7-19/h2-13,20H,14-17H2,1H3. The molecule has 5 nitrogen and oxygen atoms in total. The summed E-state index contributed by atoms with van der Waals surface area (Å²) in [6, 6.07) is 22.3. The van der Waals surface area contributed by atoms with E-state index in [1.165, 1.54) is 12.1 Å². The van der Waals surface area contributed by atoms with Crippen molar-refractivity contribution >= 4 is 16.9 Å². The Hall–Kier alpha value is -3.67. The van der Waals surface area contributed by atoms with Gasteiger partial charge in [-0.05, 0) is 47.5 Å². The number of ether oxygens (including phenoxy) is 1. The zero-order valence-electron chi connectivity index (χ0n) is 17.9. The van der Waals surface area contributed by atoms with Gasteiger partial charge in [0.05, 0.1) is 18.1 Å². The molecule has 162 valence electrons. The fourth-order valence-corrected chi connectivity index (χ4v) is 4.39. The van der Waals surface area contributed by atoms with Gasteiger partial charge in [-0.1, -0.05) is 36.4 Å². The molecular weight excluding hydrogens is 405 g/mol. The van der Waals surface area contributed by atoms with Crippen molar-refractivity contribution in [2.45, 2.75) is 25.4 Å². The Balaban J connectivity index is 1.42. The molecule has 1 unspecified atom stereocenters. The lowest BCUT2D eigenvalue weighted by Crippen LogP contribution is -2.24. The highest BCUT2D eigenvalue weighted by Gasteiger charge is 2.34. The molecule has 1 fully saturated rings. The van der Waals surface area contributed by atoms with Crippen LogP contribution in [0.1, 0.15) is 29.3 Å². The van der Waals surface area contributed by atoms with E-state index in [4.69, 9.17) is 9.72 Å². The Morgan fingerprint density at radius 1 is 0.969 bits per heavy atom. The van der Waals surface area contributed by atoms with E-state index in [0.29, 0.717) is 26.1 Å². The summed E-state index contributed by atoms with van der Waals surface area (Å²) in [6.45, 7) is 1.77. The summed E-state index contributed by atoms with van der Waals surface area (Å²) in [5.41, 5.74) is 3.99. The normalized spacial score (nSPS) is 16.1. The van der Waals surface area contributed by atoms with Crippen molar-refractivity contribution in [3.05, 3.63) is 95.6 Å². The maximum Gasteiger partial charge on any atom is 0.223 e. The molecule has 0 bridgehead atoms. The summed E-state index contributed by atoms with van der Waals surface area (Å²) in [4.78, 5) is 19.6. The number of rotatable bonds is 6. The Morgan fingerprint density at radius 3 is 2.41 bits per heavy atom. The third-order valence-electron chi connectivity index (χ3n) is 6.05. The number of imidazole rings is 1. The van der Waals surface area contributed by atoms with E-state index in [1.54, 1.807) is 19.2 Å². The summed E-state index contributed by atoms with van der Waals surface area (Å²) in [5, 5.41) is 0. The Bertz CT molecular complexity index is 1250. The number of amides is 1. The number of nitrogens with zero attached hydrogens (tertiary/aromatic N) is 3. The van der Waals surface area contributed by atoms with Crippen LogP contribution in [-0.2, 0) is 17.9 Å². The van der Waals surface area contributed by atoms with Gasteiger partial charge >= 0.3 is 0 Å². The van der Waals surface area contributed by atoms with Gasteiger partial charge in [-0.3, -0.25) is 4.79 Å². The maximum atomic E-state index is 13.4. The van der Waals surface area contributed by atoms with Gasteiger partial charge in [-0.15, -0.1) is 0 Å². The quantitative estimate of drug-likeness (QED) is 0.445. The first-order valence-corrected chi connectivity index (χ1v) is 10.7. The molecule has 0 saturated carbocycles. The van der Waals surface area contributed by atoms with Gasteiger partial charge < -0.3 is 14.2 Å². The predicted molar refractivity (Wildman–Crippen MR) is 121 cm³/mol. The van der Waals surface area contributed by atoms with Crippen molar-refractivity contribution in [3.8, 4) is 5.75 Å². The summed E-state index contributed by atoms with van der Waals surface area (Å²) in [5.74, 6) is 1.59. The van der Waals surface area contributed by atoms with E-state index < -0.39 is 0 Å². The number of carbonyl (C=O) groups is 1. The van der Waals surface area contributed by atoms with Crippen LogP contribution in [0.15, 0.2) is 72.8 Å². The smallest absolute Gasteiger partial charge is 0.223 e.